The van der Waals surface area contributed by atoms with Crippen molar-refractivity contribution in [3.63, 3.8) is 0 Å². The van der Waals surface area contributed by atoms with E-state index in [-0.39, 0.29) is 0 Å². The molecule has 70 valence electrons. The molecule has 1 aromatic carbocycles. The topological polar surface area (TPSA) is 21.3 Å². The molecule has 13 heavy (non-hydrogen) atoms. The molecular weight excluding hydrogens is 230 g/mol. The summed E-state index contributed by atoms with van der Waals surface area (Å²) in [7, 11) is 0. The quantitative estimate of drug-likeness (QED) is 0.754. The molecule has 3 heteroatoms. The average molecular weight is 242 g/mol. The van der Waals surface area contributed by atoms with Gasteiger partial charge in [-0.05, 0) is 25.1 Å². The van der Waals surface area contributed by atoms with E-state index in [1.54, 1.807) is 0 Å². The molecule has 0 saturated heterocycles. The molecule has 1 N–H and O–H groups in total. The number of fused-ring (bicyclic) bond motifs is 1. The second kappa shape index (κ2) is 3.58. The second-order valence-corrected chi connectivity index (χ2v) is 4.20. The van der Waals surface area contributed by atoms with Crippen LogP contribution in [-0.4, -0.2) is 12.6 Å². The maximum absolute atomic E-state index is 5.75. The second-order valence-electron chi connectivity index (χ2n) is 3.28. The van der Waals surface area contributed by atoms with Gasteiger partial charge in [0.15, 0.2) is 0 Å². The highest BCUT2D eigenvalue weighted by molar-refractivity contribution is 9.10. The van der Waals surface area contributed by atoms with Crippen LogP contribution in [0.2, 0.25) is 0 Å². The molecule has 0 spiro atoms. The van der Waals surface area contributed by atoms with Crippen LogP contribution in [0.5, 0.6) is 5.75 Å². The zero-order chi connectivity index (χ0) is 9.26. The van der Waals surface area contributed by atoms with E-state index in [1.165, 1.54) is 0 Å². The maximum atomic E-state index is 5.75. The lowest BCUT2D eigenvalue weighted by molar-refractivity contribution is 0.221. The lowest BCUT2D eigenvalue weighted by atomic mass is 10.3. The summed E-state index contributed by atoms with van der Waals surface area (Å²) in [4.78, 5) is 0. The number of hydrogen-bond acceptors (Lipinski definition) is 2. The molecule has 1 aliphatic heterocycles. The highest BCUT2D eigenvalue weighted by atomic mass is 79.9. The number of benzene rings is 1. The van der Waals surface area contributed by atoms with E-state index in [2.05, 4.69) is 28.2 Å². The molecule has 0 aromatic heterocycles. The highest BCUT2D eigenvalue weighted by Gasteiger charge is 2.12. The Bertz CT molecular complexity index is 314. The van der Waals surface area contributed by atoms with Crippen LogP contribution in [0.3, 0.4) is 0 Å². The summed E-state index contributed by atoms with van der Waals surface area (Å²) in [5, 5.41) is 3.34. The Morgan fingerprint density at radius 2 is 2.38 bits per heavy atom. The molecule has 0 aliphatic carbocycles. The maximum Gasteiger partial charge on any atom is 0.143 e. The van der Waals surface area contributed by atoms with Gasteiger partial charge < -0.3 is 10.1 Å². The fraction of sp³-hybridized carbons (Fsp3) is 0.400. The van der Waals surface area contributed by atoms with Gasteiger partial charge in [-0.2, -0.15) is 0 Å². The van der Waals surface area contributed by atoms with Crippen molar-refractivity contribution in [2.45, 2.75) is 19.4 Å². The third-order valence-corrected chi connectivity index (χ3v) is 2.63. The number of nitrogens with one attached hydrogen (secondary N) is 1. The van der Waals surface area contributed by atoms with Crippen LogP contribution in [0, 0.1) is 0 Å². The first kappa shape index (κ1) is 8.88. The summed E-state index contributed by atoms with van der Waals surface area (Å²) < 4.78 is 6.80. The fourth-order valence-corrected chi connectivity index (χ4v) is 1.77. The summed E-state index contributed by atoms with van der Waals surface area (Å²) in [5.74, 6) is 0.944. The van der Waals surface area contributed by atoms with Crippen molar-refractivity contribution in [3.8, 4) is 5.75 Å². The predicted molar refractivity (Wildman–Crippen MR) is 57.3 cm³/mol. The van der Waals surface area contributed by atoms with E-state index in [0.29, 0.717) is 6.10 Å². The molecule has 2 rings (SSSR count). The standard InChI is InChI=1S/C10H12BrNO/c1-7-4-5-12-9-3-2-8(11)6-10(9)13-7/h2-3,6-7,12H,4-5H2,1H3. The van der Waals surface area contributed by atoms with E-state index in [1.807, 2.05) is 18.2 Å². The third-order valence-electron chi connectivity index (χ3n) is 2.14. The van der Waals surface area contributed by atoms with Crippen LogP contribution in [0.1, 0.15) is 13.3 Å². The highest BCUT2D eigenvalue weighted by Crippen LogP contribution is 2.31. The minimum absolute atomic E-state index is 0.294. The van der Waals surface area contributed by atoms with E-state index in [4.69, 9.17) is 4.74 Å². The first-order valence-electron chi connectivity index (χ1n) is 4.46. The summed E-state index contributed by atoms with van der Waals surface area (Å²) in [6.45, 7) is 3.08. The van der Waals surface area contributed by atoms with Gasteiger partial charge >= 0.3 is 0 Å². The number of rotatable bonds is 0. The first-order chi connectivity index (χ1) is 6.25. The Morgan fingerprint density at radius 1 is 1.54 bits per heavy atom. The van der Waals surface area contributed by atoms with Crippen molar-refractivity contribution in [1.82, 2.24) is 0 Å². The molecule has 2 nitrogen and oxygen atoms in total. The molecule has 0 fully saturated rings. The van der Waals surface area contributed by atoms with Crippen molar-refractivity contribution in [3.05, 3.63) is 22.7 Å². The molecule has 1 heterocycles. The Balaban J connectivity index is 2.35. The Labute approximate surface area is 86.4 Å². The molecule has 1 atom stereocenters. The normalized spacial score (nSPS) is 20.9. The van der Waals surface area contributed by atoms with Crippen molar-refractivity contribution in [2.24, 2.45) is 0 Å². The Morgan fingerprint density at radius 3 is 3.23 bits per heavy atom. The van der Waals surface area contributed by atoms with Gasteiger partial charge in [0.1, 0.15) is 5.75 Å². The van der Waals surface area contributed by atoms with Gasteiger partial charge in [0.25, 0.3) is 0 Å². The predicted octanol–water partition coefficient (Wildman–Crippen LogP) is 3.03. The molecular formula is C10H12BrNO. The number of anilines is 1. The third kappa shape index (κ3) is 1.97. The molecule has 0 bridgehead atoms. The minimum atomic E-state index is 0.294. The van der Waals surface area contributed by atoms with Crippen LogP contribution in [0.25, 0.3) is 0 Å². The van der Waals surface area contributed by atoms with Crippen LogP contribution in [0.15, 0.2) is 22.7 Å². The van der Waals surface area contributed by atoms with Crippen molar-refractivity contribution < 1.29 is 4.74 Å². The molecule has 1 unspecified atom stereocenters. The number of ether oxygens (including phenoxy) is 1. The zero-order valence-corrected chi connectivity index (χ0v) is 9.10. The van der Waals surface area contributed by atoms with E-state index >= 15 is 0 Å². The van der Waals surface area contributed by atoms with Crippen molar-refractivity contribution in [2.75, 3.05) is 11.9 Å². The van der Waals surface area contributed by atoms with Crippen LogP contribution < -0.4 is 10.1 Å². The van der Waals surface area contributed by atoms with Gasteiger partial charge in [0.2, 0.25) is 0 Å². The Hall–Kier alpha value is -0.700. The number of halogens is 1. The molecule has 1 aliphatic rings. The summed E-state index contributed by atoms with van der Waals surface area (Å²) >= 11 is 3.43. The van der Waals surface area contributed by atoms with Gasteiger partial charge in [-0.15, -0.1) is 0 Å². The molecule has 0 saturated carbocycles. The lowest BCUT2D eigenvalue weighted by Crippen LogP contribution is -2.12. The summed E-state index contributed by atoms with van der Waals surface area (Å²) in [6.07, 6.45) is 1.34. The first-order valence-corrected chi connectivity index (χ1v) is 5.25. The van der Waals surface area contributed by atoms with Gasteiger partial charge in [-0.25, -0.2) is 0 Å². The molecule has 0 radical (unpaired) electrons. The van der Waals surface area contributed by atoms with Crippen LogP contribution >= 0.6 is 15.9 Å². The smallest absolute Gasteiger partial charge is 0.143 e. The molecule has 0 amide bonds. The minimum Gasteiger partial charge on any atom is -0.488 e. The Kier molecular flexibility index (Phi) is 2.44. The average Bonchev–Trinajstić information content (AvgIpc) is 2.25. The van der Waals surface area contributed by atoms with E-state index in [0.717, 1.165) is 28.9 Å². The van der Waals surface area contributed by atoms with E-state index < -0.39 is 0 Å². The van der Waals surface area contributed by atoms with Gasteiger partial charge in [-0.1, -0.05) is 15.9 Å². The van der Waals surface area contributed by atoms with E-state index in [9.17, 15) is 0 Å². The van der Waals surface area contributed by atoms with Gasteiger partial charge in [0.05, 0.1) is 11.8 Å². The molecule has 1 aromatic rings. The van der Waals surface area contributed by atoms with Gasteiger partial charge in [0, 0.05) is 17.4 Å². The summed E-state index contributed by atoms with van der Waals surface area (Å²) in [5.41, 5.74) is 1.09. The van der Waals surface area contributed by atoms with Gasteiger partial charge in [-0.3, -0.25) is 0 Å². The summed E-state index contributed by atoms with van der Waals surface area (Å²) in [6, 6.07) is 6.06. The van der Waals surface area contributed by atoms with Crippen LogP contribution in [-0.2, 0) is 0 Å². The lowest BCUT2D eigenvalue weighted by Gasteiger charge is -2.11. The van der Waals surface area contributed by atoms with Crippen molar-refractivity contribution in [1.29, 1.82) is 0 Å². The largest absolute Gasteiger partial charge is 0.488 e. The fourth-order valence-electron chi connectivity index (χ4n) is 1.43. The monoisotopic (exact) mass is 241 g/mol. The number of hydrogen-bond donors (Lipinski definition) is 1. The SMILES string of the molecule is CC1CCNc2ccc(Br)cc2O1. The van der Waals surface area contributed by atoms with Crippen LogP contribution in [0.4, 0.5) is 5.69 Å². The zero-order valence-electron chi connectivity index (χ0n) is 7.51. The van der Waals surface area contributed by atoms with Crippen molar-refractivity contribution >= 4 is 21.6 Å².